The van der Waals surface area contributed by atoms with Crippen LogP contribution in [0.1, 0.15) is 16.1 Å². The number of aromatic nitrogens is 1. The SMILES string of the molecule is Cc1c(Cl)cccc1NC(=O)c1cc(NCCN2CCOCC2)ccn1. The van der Waals surface area contributed by atoms with Crippen molar-refractivity contribution in [2.24, 2.45) is 0 Å². The van der Waals surface area contributed by atoms with Crippen molar-refractivity contribution in [3.05, 3.63) is 52.8 Å². The molecule has 26 heavy (non-hydrogen) atoms. The van der Waals surface area contributed by atoms with Gasteiger partial charge in [-0.25, -0.2) is 0 Å². The number of anilines is 2. The molecule has 1 aliphatic rings. The summed E-state index contributed by atoms with van der Waals surface area (Å²) in [6.07, 6.45) is 1.64. The van der Waals surface area contributed by atoms with Crippen LogP contribution >= 0.6 is 11.6 Å². The van der Waals surface area contributed by atoms with Gasteiger partial charge in [0.05, 0.1) is 13.2 Å². The summed E-state index contributed by atoms with van der Waals surface area (Å²) < 4.78 is 5.35. The topological polar surface area (TPSA) is 66.5 Å². The third kappa shape index (κ3) is 4.94. The Hall–Kier alpha value is -2.15. The van der Waals surface area contributed by atoms with E-state index in [0.717, 1.165) is 50.6 Å². The number of benzene rings is 1. The second-order valence-corrected chi connectivity index (χ2v) is 6.58. The van der Waals surface area contributed by atoms with Crippen LogP contribution in [0.4, 0.5) is 11.4 Å². The van der Waals surface area contributed by atoms with Gasteiger partial charge in [0.1, 0.15) is 5.69 Å². The predicted octanol–water partition coefficient (Wildman–Crippen LogP) is 3.04. The number of pyridine rings is 1. The number of rotatable bonds is 6. The maximum Gasteiger partial charge on any atom is 0.274 e. The lowest BCUT2D eigenvalue weighted by molar-refractivity contribution is 0.0398. The molecule has 0 unspecified atom stereocenters. The molecular weight excluding hydrogens is 352 g/mol. The Morgan fingerprint density at radius 1 is 1.31 bits per heavy atom. The number of amides is 1. The fraction of sp³-hybridized carbons (Fsp3) is 0.368. The monoisotopic (exact) mass is 374 g/mol. The summed E-state index contributed by atoms with van der Waals surface area (Å²) in [6.45, 7) is 7.13. The van der Waals surface area contributed by atoms with E-state index in [4.69, 9.17) is 16.3 Å². The molecule has 1 fully saturated rings. The number of hydrogen-bond acceptors (Lipinski definition) is 5. The van der Waals surface area contributed by atoms with Crippen molar-refractivity contribution in [2.45, 2.75) is 6.92 Å². The summed E-state index contributed by atoms with van der Waals surface area (Å²) in [5, 5.41) is 6.83. The number of carbonyl (C=O) groups is 1. The maximum absolute atomic E-state index is 12.5. The van der Waals surface area contributed by atoms with Crippen molar-refractivity contribution in [3.8, 4) is 0 Å². The number of morpholine rings is 1. The summed E-state index contributed by atoms with van der Waals surface area (Å²) in [7, 11) is 0. The van der Waals surface area contributed by atoms with Gasteiger partial charge < -0.3 is 15.4 Å². The average Bonchev–Trinajstić information content (AvgIpc) is 2.66. The molecule has 0 radical (unpaired) electrons. The molecule has 1 aromatic heterocycles. The van der Waals surface area contributed by atoms with Gasteiger partial charge in [0, 0.05) is 48.8 Å². The van der Waals surface area contributed by atoms with E-state index in [2.05, 4.69) is 20.5 Å². The van der Waals surface area contributed by atoms with Crippen molar-refractivity contribution in [3.63, 3.8) is 0 Å². The van der Waals surface area contributed by atoms with E-state index in [9.17, 15) is 4.79 Å². The molecule has 1 amide bonds. The highest BCUT2D eigenvalue weighted by Gasteiger charge is 2.12. The number of halogens is 1. The molecule has 0 aliphatic carbocycles. The Morgan fingerprint density at radius 2 is 2.12 bits per heavy atom. The molecule has 2 N–H and O–H groups in total. The van der Waals surface area contributed by atoms with Gasteiger partial charge in [-0.05, 0) is 36.8 Å². The molecule has 3 rings (SSSR count). The lowest BCUT2D eigenvalue weighted by Gasteiger charge is -2.26. The maximum atomic E-state index is 12.5. The number of nitrogens with one attached hydrogen (secondary N) is 2. The number of nitrogens with zero attached hydrogens (tertiary/aromatic N) is 2. The van der Waals surface area contributed by atoms with E-state index in [1.807, 2.05) is 25.1 Å². The highest BCUT2D eigenvalue weighted by molar-refractivity contribution is 6.31. The molecule has 138 valence electrons. The third-order valence-corrected chi connectivity index (χ3v) is 4.78. The zero-order valence-electron chi connectivity index (χ0n) is 14.8. The summed E-state index contributed by atoms with van der Waals surface area (Å²) in [5.74, 6) is -0.257. The first-order valence-electron chi connectivity index (χ1n) is 8.70. The predicted molar refractivity (Wildman–Crippen MR) is 104 cm³/mol. The number of ether oxygens (including phenoxy) is 1. The quantitative estimate of drug-likeness (QED) is 0.813. The molecule has 0 atom stereocenters. The Morgan fingerprint density at radius 3 is 2.92 bits per heavy atom. The van der Waals surface area contributed by atoms with Crippen LogP contribution in [0, 0.1) is 6.92 Å². The van der Waals surface area contributed by atoms with Gasteiger partial charge in [0.15, 0.2) is 0 Å². The second kappa shape index (κ2) is 8.98. The average molecular weight is 375 g/mol. The fourth-order valence-corrected chi connectivity index (χ4v) is 2.95. The first-order chi connectivity index (χ1) is 12.6. The largest absolute Gasteiger partial charge is 0.384 e. The molecule has 6 nitrogen and oxygen atoms in total. The summed E-state index contributed by atoms with van der Waals surface area (Å²) in [5.41, 5.74) is 2.76. The van der Waals surface area contributed by atoms with Crippen LogP contribution in [0.15, 0.2) is 36.5 Å². The molecular formula is C19H23ClN4O2. The zero-order valence-corrected chi connectivity index (χ0v) is 15.6. The van der Waals surface area contributed by atoms with Crippen LogP contribution in [0.3, 0.4) is 0 Å². The van der Waals surface area contributed by atoms with Gasteiger partial charge in [-0.3, -0.25) is 14.7 Å². The molecule has 2 heterocycles. The normalized spacial score (nSPS) is 14.8. The van der Waals surface area contributed by atoms with Crippen LogP contribution in [0.5, 0.6) is 0 Å². The Balaban J connectivity index is 1.57. The van der Waals surface area contributed by atoms with Crippen molar-refractivity contribution in [2.75, 3.05) is 50.0 Å². The van der Waals surface area contributed by atoms with Crippen molar-refractivity contribution < 1.29 is 9.53 Å². The zero-order chi connectivity index (χ0) is 18.4. The Labute approximate surface area is 158 Å². The minimum absolute atomic E-state index is 0.257. The van der Waals surface area contributed by atoms with Gasteiger partial charge in [-0.1, -0.05) is 17.7 Å². The molecule has 1 aromatic carbocycles. The first kappa shape index (κ1) is 18.6. The molecule has 2 aromatic rings. The number of hydrogen-bond donors (Lipinski definition) is 2. The first-order valence-corrected chi connectivity index (χ1v) is 9.08. The minimum Gasteiger partial charge on any atom is -0.384 e. The molecule has 1 aliphatic heterocycles. The van der Waals surface area contributed by atoms with Gasteiger partial charge >= 0.3 is 0 Å². The third-order valence-electron chi connectivity index (χ3n) is 4.37. The molecule has 0 spiro atoms. The van der Waals surface area contributed by atoms with Gasteiger partial charge in [0.25, 0.3) is 5.91 Å². The van der Waals surface area contributed by atoms with E-state index >= 15 is 0 Å². The van der Waals surface area contributed by atoms with Crippen molar-refractivity contribution >= 4 is 28.9 Å². The highest BCUT2D eigenvalue weighted by Crippen LogP contribution is 2.23. The van der Waals surface area contributed by atoms with E-state index in [1.165, 1.54) is 0 Å². The lowest BCUT2D eigenvalue weighted by atomic mass is 10.2. The summed E-state index contributed by atoms with van der Waals surface area (Å²) >= 11 is 6.10. The van der Waals surface area contributed by atoms with Gasteiger partial charge in [-0.2, -0.15) is 0 Å². The highest BCUT2D eigenvalue weighted by atomic mass is 35.5. The van der Waals surface area contributed by atoms with E-state index < -0.39 is 0 Å². The van der Waals surface area contributed by atoms with E-state index in [0.29, 0.717) is 16.4 Å². The van der Waals surface area contributed by atoms with Gasteiger partial charge in [-0.15, -0.1) is 0 Å². The molecule has 1 saturated heterocycles. The van der Waals surface area contributed by atoms with Crippen LogP contribution in [0.2, 0.25) is 5.02 Å². The van der Waals surface area contributed by atoms with Crippen LogP contribution in [-0.2, 0) is 4.74 Å². The van der Waals surface area contributed by atoms with E-state index in [-0.39, 0.29) is 5.91 Å². The minimum atomic E-state index is -0.257. The lowest BCUT2D eigenvalue weighted by Crippen LogP contribution is -2.39. The van der Waals surface area contributed by atoms with Crippen LogP contribution in [-0.4, -0.2) is 55.2 Å². The van der Waals surface area contributed by atoms with E-state index in [1.54, 1.807) is 18.3 Å². The van der Waals surface area contributed by atoms with Crippen molar-refractivity contribution in [1.29, 1.82) is 0 Å². The molecule has 7 heteroatoms. The fourth-order valence-electron chi connectivity index (χ4n) is 2.78. The Kier molecular flexibility index (Phi) is 6.44. The molecule has 0 bridgehead atoms. The Bertz CT molecular complexity index is 763. The van der Waals surface area contributed by atoms with Gasteiger partial charge in [0.2, 0.25) is 0 Å². The number of carbonyl (C=O) groups excluding carboxylic acids is 1. The summed E-state index contributed by atoms with van der Waals surface area (Å²) in [4.78, 5) is 19.0. The smallest absolute Gasteiger partial charge is 0.274 e. The van der Waals surface area contributed by atoms with Crippen LogP contribution < -0.4 is 10.6 Å². The van der Waals surface area contributed by atoms with Crippen LogP contribution in [0.25, 0.3) is 0 Å². The summed E-state index contributed by atoms with van der Waals surface area (Å²) in [6, 6.07) is 9.05. The standard InChI is InChI=1S/C19H23ClN4O2/c1-14-16(20)3-2-4-17(14)23-19(25)18-13-15(5-6-22-18)21-7-8-24-9-11-26-12-10-24/h2-6,13H,7-12H2,1H3,(H,21,22)(H,23,25). The molecule has 0 saturated carbocycles. The second-order valence-electron chi connectivity index (χ2n) is 6.18. The van der Waals surface area contributed by atoms with Crippen molar-refractivity contribution in [1.82, 2.24) is 9.88 Å².